The van der Waals surface area contributed by atoms with Gasteiger partial charge in [-0.3, -0.25) is 9.59 Å². The lowest BCUT2D eigenvalue weighted by Crippen LogP contribution is -2.43. The van der Waals surface area contributed by atoms with Crippen LogP contribution in [0.15, 0.2) is 80.3 Å². The molecule has 3 aromatic rings. The molecule has 5 rings (SSSR count). The number of para-hydroxylation sites is 1. The summed E-state index contributed by atoms with van der Waals surface area (Å²) >= 11 is 1.61. The fraction of sp³-hybridized carbons (Fsp3) is 0.269. The summed E-state index contributed by atoms with van der Waals surface area (Å²) < 4.78 is 11.1. The standard InChI is InChI=1S/C26H23NO5S/c1-3-31-26(30)22-14(2)27-18-11-15(21-9-6-10-33-21)12-19(28)24(18)23(22)17-13-32-20-8-5-4-7-16(20)25(17)29/h4-11,13,15,23-24,27H,3,12H2,1-2H3. The first-order valence-electron chi connectivity index (χ1n) is 10.9. The molecule has 3 heterocycles. The zero-order chi connectivity index (χ0) is 23.1. The Balaban J connectivity index is 1.71. The maximum atomic E-state index is 13.5. The average Bonchev–Trinajstić information content (AvgIpc) is 3.34. The van der Waals surface area contributed by atoms with E-state index in [2.05, 4.69) is 11.4 Å². The van der Waals surface area contributed by atoms with Crippen LogP contribution < -0.4 is 10.7 Å². The third-order valence-electron chi connectivity index (χ3n) is 6.31. The van der Waals surface area contributed by atoms with Gasteiger partial charge in [0.25, 0.3) is 0 Å². The van der Waals surface area contributed by atoms with Gasteiger partial charge in [-0.2, -0.15) is 0 Å². The normalized spacial score (nSPS) is 22.5. The number of thiophene rings is 1. The highest BCUT2D eigenvalue weighted by molar-refractivity contribution is 7.10. The molecule has 33 heavy (non-hydrogen) atoms. The molecular formula is C26H23NO5S. The third kappa shape index (κ3) is 3.62. The molecule has 3 unspecified atom stereocenters. The molecule has 2 aliphatic rings. The number of carbonyl (C=O) groups is 2. The maximum Gasteiger partial charge on any atom is 0.336 e. The minimum atomic E-state index is -0.783. The third-order valence-corrected chi connectivity index (χ3v) is 7.31. The molecule has 0 fully saturated rings. The smallest absolute Gasteiger partial charge is 0.336 e. The van der Waals surface area contributed by atoms with Gasteiger partial charge in [-0.1, -0.05) is 24.3 Å². The van der Waals surface area contributed by atoms with E-state index >= 15 is 0 Å². The molecule has 168 valence electrons. The van der Waals surface area contributed by atoms with Gasteiger partial charge in [0.15, 0.2) is 5.43 Å². The summed E-state index contributed by atoms with van der Waals surface area (Å²) in [5.41, 5.74) is 2.09. The van der Waals surface area contributed by atoms with Crippen LogP contribution in [0, 0.1) is 5.92 Å². The van der Waals surface area contributed by atoms with Crippen molar-refractivity contribution in [3.63, 3.8) is 0 Å². The molecule has 2 aromatic heterocycles. The van der Waals surface area contributed by atoms with Gasteiger partial charge in [0, 0.05) is 40.1 Å². The number of benzene rings is 1. The van der Waals surface area contributed by atoms with Crippen molar-refractivity contribution in [1.29, 1.82) is 0 Å². The number of ketones is 1. The van der Waals surface area contributed by atoms with Gasteiger partial charge in [-0.15, -0.1) is 11.3 Å². The lowest BCUT2D eigenvalue weighted by molar-refractivity contribution is -0.139. The largest absolute Gasteiger partial charge is 0.464 e. The Labute approximate surface area is 194 Å². The quantitative estimate of drug-likeness (QED) is 0.570. The Morgan fingerprint density at radius 1 is 1.18 bits per heavy atom. The van der Waals surface area contributed by atoms with E-state index in [0.29, 0.717) is 34.4 Å². The summed E-state index contributed by atoms with van der Waals surface area (Å²) in [5, 5.41) is 5.69. The first kappa shape index (κ1) is 21.4. The van der Waals surface area contributed by atoms with Crippen LogP contribution in [-0.2, 0) is 14.3 Å². The van der Waals surface area contributed by atoms with E-state index in [0.717, 1.165) is 4.88 Å². The highest BCUT2D eigenvalue weighted by Gasteiger charge is 2.46. The molecule has 3 atom stereocenters. The zero-order valence-corrected chi connectivity index (χ0v) is 19.1. The predicted octanol–water partition coefficient (Wildman–Crippen LogP) is 4.64. The molecule has 0 spiro atoms. The molecule has 7 heteroatoms. The predicted molar refractivity (Wildman–Crippen MR) is 126 cm³/mol. The van der Waals surface area contributed by atoms with Crippen LogP contribution >= 0.6 is 11.3 Å². The van der Waals surface area contributed by atoms with Crippen LogP contribution in [0.2, 0.25) is 0 Å². The monoisotopic (exact) mass is 461 g/mol. The number of nitrogens with one attached hydrogen (secondary N) is 1. The number of Topliss-reactive ketones (excluding diaryl/α,β-unsaturated/α-hetero) is 1. The summed E-state index contributed by atoms with van der Waals surface area (Å²) in [6.45, 7) is 3.70. The van der Waals surface area contributed by atoms with Crippen molar-refractivity contribution in [3.05, 3.63) is 91.7 Å². The Morgan fingerprint density at radius 3 is 2.76 bits per heavy atom. The van der Waals surface area contributed by atoms with E-state index in [1.807, 2.05) is 17.5 Å². The summed E-state index contributed by atoms with van der Waals surface area (Å²) in [4.78, 5) is 41.2. The number of hydrogen-bond donors (Lipinski definition) is 1. The van der Waals surface area contributed by atoms with E-state index in [1.54, 1.807) is 49.4 Å². The molecule has 0 bridgehead atoms. The fourth-order valence-electron chi connectivity index (χ4n) is 4.88. The minimum absolute atomic E-state index is 0.0229. The second-order valence-corrected chi connectivity index (χ2v) is 9.25. The number of esters is 1. The van der Waals surface area contributed by atoms with Crippen LogP contribution in [0.4, 0.5) is 0 Å². The molecule has 1 N–H and O–H groups in total. The molecule has 6 nitrogen and oxygen atoms in total. The number of hydrogen-bond acceptors (Lipinski definition) is 7. The average molecular weight is 462 g/mol. The number of ether oxygens (including phenoxy) is 1. The first-order chi connectivity index (χ1) is 16.0. The van der Waals surface area contributed by atoms with Gasteiger partial charge in [0.1, 0.15) is 11.4 Å². The van der Waals surface area contributed by atoms with Gasteiger partial charge >= 0.3 is 5.97 Å². The lowest BCUT2D eigenvalue weighted by atomic mass is 9.69. The van der Waals surface area contributed by atoms with Crippen molar-refractivity contribution in [2.24, 2.45) is 5.92 Å². The number of allylic oxidation sites excluding steroid dienone is 3. The van der Waals surface area contributed by atoms with Gasteiger partial charge in [0.05, 0.1) is 29.7 Å². The summed E-state index contributed by atoms with van der Waals surface area (Å²) in [5.74, 6) is -2.07. The SMILES string of the molecule is CCOC(=O)C1=C(C)NC2=CC(c3cccs3)CC(=O)C2C1c1coc2ccccc2c1=O. The number of fused-ring (bicyclic) bond motifs is 2. The van der Waals surface area contributed by atoms with Crippen LogP contribution in [0.1, 0.15) is 42.5 Å². The zero-order valence-electron chi connectivity index (χ0n) is 18.3. The molecule has 0 saturated carbocycles. The van der Waals surface area contributed by atoms with Crippen molar-refractivity contribution < 1.29 is 18.7 Å². The number of rotatable bonds is 4. The molecule has 0 radical (unpaired) electrons. The Bertz CT molecular complexity index is 1360. The molecular weight excluding hydrogens is 438 g/mol. The first-order valence-corrected chi connectivity index (χ1v) is 11.8. The Hall–Kier alpha value is -3.45. The van der Waals surface area contributed by atoms with Gasteiger partial charge in [-0.05, 0) is 37.4 Å². The van der Waals surface area contributed by atoms with Crippen molar-refractivity contribution >= 4 is 34.1 Å². The lowest BCUT2D eigenvalue weighted by Gasteiger charge is -2.38. The van der Waals surface area contributed by atoms with Crippen LogP contribution in [0.25, 0.3) is 11.0 Å². The fourth-order valence-corrected chi connectivity index (χ4v) is 5.68. The van der Waals surface area contributed by atoms with E-state index < -0.39 is 17.8 Å². The van der Waals surface area contributed by atoms with E-state index in [-0.39, 0.29) is 29.3 Å². The Kier molecular flexibility index (Phi) is 5.50. The van der Waals surface area contributed by atoms with Crippen molar-refractivity contribution in [1.82, 2.24) is 5.32 Å². The summed E-state index contributed by atoms with van der Waals surface area (Å²) in [6.07, 6.45) is 3.75. The van der Waals surface area contributed by atoms with E-state index in [4.69, 9.17) is 9.15 Å². The molecule has 1 aliphatic carbocycles. The summed E-state index contributed by atoms with van der Waals surface area (Å²) in [6, 6.07) is 11.0. The second kappa shape index (κ2) is 8.48. The maximum absolute atomic E-state index is 13.5. The summed E-state index contributed by atoms with van der Waals surface area (Å²) in [7, 11) is 0. The highest BCUT2D eigenvalue weighted by atomic mass is 32.1. The van der Waals surface area contributed by atoms with Gasteiger partial charge in [-0.25, -0.2) is 4.79 Å². The van der Waals surface area contributed by atoms with Gasteiger partial charge in [0.2, 0.25) is 0 Å². The van der Waals surface area contributed by atoms with Crippen molar-refractivity contribution in [2.45, 2.75) is 32.1 Å². The van der Waals surface area contributed by atoms with Crippen molar-refractivity contribution in [3.8, 4) is 0 Å². The van der Waals surface area contributed by atoms with Crippen LogP contribution in [0.3, 0.4) is 0 Å². The second-order valence-electron chi connectivity index (χ2n) is 8.27. The molecule has 1 aliphatic heterocycles. The Morgan fingerprint density at radius 2 is 2.00 bits per heavy atom. The number of carbonyl (C=O) groups excluding carboxylic acids is 2. The van der Waals surface area contributed by atoms with E-state index in [9.17, 15) is 14.4 Å². The molecule has 1 aromatic carbocycles. The van der Waals surface area contributed by atoms with Crippen LogP contribution in [-0.4, -0.2) is 18.4 Å². The minimum Gasteiger partial charge on any atom is -0.464 e. The van der Waals surface area contributed by atoms with Crippen molar-refractivity contribution in [2.75, 3.05) is 6.61 Å². The van der Waals surface area contributed by atoms with Gasteiger partial charge < -0.3 is 14.5 Å². The topological polar surface area (TPSA) is 85.6 Å². The molecule has 0 amide bonds. The highest BCUT2D eigenvalue weighted by Crippen LogP contribution is 2.46. The van der Waals surface area contributed by atoms with E-state index in [1.165, 1.54) is 6.26 Å². The molecule has 0 saturated heterocycles. The van der Waals surface area contributed by atoms with Crippen LogP contribution in [0.5, 0.6) is 0 Å².